The largest absolute Gasteiger partial charge is 0.489 e. The smallest absolute Gasteiger partial charge is 0.401 e. The van der Waals surface area contributed by atoms with E-state index in [0.717, 1.165) is 0 Å². The maximum atomic E-state index is 11.8. The third-order valence-corrected chi connectivity index (χ3v) is 2.29. The van der Waals surface area contributed by atoms with Gasteiger partial charge >= 0.3 is 6.18 Å². The number of aliphatic hydroxyl groups is 1. The molecule has 1 aromatic rings. The summed E-state index contributed by atoms with van der Waals surface area (Å²) in [6, 6.07) is 6.65. The summed E-state index contributed by atoms with van der Waals surface area (Å²) in [5.41, 5.74) is 0. The number of ether oxygens (including phenoxy) is 1. The fourth-order valence-electron chi connectivity index (χ4n) is 1.19. The van der Waals surface area contributed by atoms with Crippen LogP contribution in [-0.2, 0) is 0 Å². The summed E-state index contributed by atoms with van der Waals surface area (Å²) in [4.78, 5) is 0. The number of para-hydroxylation sites is 1. The standard InChI is InChI=1S/C11H13ClF3NO2/c12-9-3-1-2-4-10(9)18-6-8(17)5-16-7-11(13,14)15/h1-4,8,16-17H,5-7H2. The summed E-state index contributed by atoms with van der Waals surface area (Å²) < 4.78 is 40.6. The molecule has 0 heterocycles. The molecule has 1 atom stereocenters. The zero-order chi connectivity index (χ0) is 13.6. The summed E-state index contributed by atoms with van der Waals surface area (Å²) in [5.74, 6) is 0.383. The van der Waals surface area contributed by atoms with Crippen molar-refractivity contribution in [2.45, 2.75) is 12.3 Å². The number of hydrogen-bond donors (Lipinski definition) is 2. The lowest BCUT2D eigenvalue weighted by molar-refractivity contribution is -0.125. The maximum absolute atomic E-state index is 11.8. The summed E-state index contributed by atoms with van der Waals surface area (Å²) in [5, 5.41) is 11.9. The molecule has 0 saturated carbocycles. The van der Waals surface area contributed by atoms with E-state index in [1.54, 1.807) is 24.3 Å². The summed E-state index contributed by atoms with van der Waals surface area (Å²) in [7, 11) is 0. The van der Waals surface area contributed by atoms with Gasteiger partial charge in [-0.2, -0.15) is 13.2 Å². The molecule has 18 heavy (non-hydrogen) atoms. The first-order valence-electron chi connectivity index (χ1n) is 5.21. The lowest BCUT2D eigenvalue weighted by atomic mass is 10.3. The molecular formula is C11H13ClF3NO2. The molecule has 102 valence electrons. The zero-order valence-electron chi connectivity index (χ0n) is 9.38. The topological polar surface area (TPSA) is 41.5 Å². The molecule has 0 bridgehead atoms. The number of alkyl halides is 3. The van der Waals surface area contributed by atoms with E-state index in [4.69, 9.17) is 16.3 Å². The lowest BCUT2D eigenvalue weighted by Crippen LogP contribution is -2.37. The van der Waals surface area contributed by atoms with Gasteiger partial charge in [0.25, 0.3) is 0 Å². The highest BCUT2D eigenvalue weighted by atomic mass is 35.5. The van der Waals surface area contributed by atoms with Crippen molar-refractivity contribution in [3.05, 3.63) is 29.3 Å². The predicted octanol–water partition coefficient (Wildman–Crippen LogP) is 2.23. The number of benzene rings is 1. The van der Waals surface area contributed by atoms with Gasteiger partial charge in [-0.15, -0.1) is 0 Å². The van der Waals surface area contributed by atoms with E-state index in [1.165, 1.54) is 0 Å². The Morgan fingerprint density at radius 3 is 2.61 bits per heavy atom. The summed E-state index contributed by atoms with van der Waals surface area (Å²) in [6.07, 6.45) is -5.33. The molecule has 2 N–H and O–H groups in total. The van der Waals surface area contributed by atoms with Gasteiger partial charge in [-0.1, -0.05) is 23.7 Å². The first-order chi connectivity index (χ1) is 8.38. The minimum absolute atomic E-state index is 0.130. The molecular weight excluding hydrogens is 271 g/mol. The van der Waals surface area contributed by atoms with Crippen molar-refractivity contribution >= 4 is 11.6 Å². The van der Waals surface area contributed by atoms with Crippen molar-refractivity contribution in [1.82, 2.24) is 5.32 Å². The molecule has 7 heteroatoms. The Hall–Kier alpha value is -0.980. The first kappa shape index (κ1) is 15.1. The van der Waals surface area contributed by atoms with Gasteiger partial charge in [0.2, 0.25) is 0 Å². The van der Waals surface area contributed by atoms with Crippen LogP contribution in [0.3, 0.4) is 0 Å². The van der Waals surface area contributed by atoms with Gasteiger partial charge in [-0.25, -0.2) is 0 Å². The van der Waals surface area contributed by atoms with E-state index in [1.807, 2.05) is 0 Å². The van der Waals surface area contributed by atoms with Crippen molar-refractivity contribution in [2.75, 3.05) is 19.7 Å². The molecule has 0 amide bonds. The molecule has 1 unspecified atom stereocenters. The number of hydrogen-bond acceptors (Lipinski definition) is 3. The van der Waals surface area contributed by atoms with E-state index in [-0.39, 0.29) is 13.2 Å². The first-order valence-corrected chi connectivity index (χ1v) is 5.59. The van der Waals surface area contributed by atoms with Crippen LogP contribution in [0.15, 0.2) is 24.3 Å². The van der Waals surface area contributed by atoms with Gasteiger partial charge in [0, 0.05) is 6.54 Å². The van der Waals surface area contributed by atoms with E-state index in [9.17, 15) is 18.3 Å². The fraction of sp³-hybridized carbons (Fsp3) is 0.455. The summed E-state index contributed by atoms with van der Waals surface area (Å²) >= 11 is 5.80. The SMILES string of the molecule is OC(CNCC(F)(F)F)COc1ccccc1Cl. The Bertz CT molecular complexity index is 374. The third kappa shape index (κ3) is 6.09. The molecule has 0 saturated heterocycles. The average Bonchev–Trinajstić information content (AvgIpc) is 2.26. The van der Waals surface area contributed by atoms with E-state index >= 15 is 0 Å². The maximum Gasteiger partial charge on any atom is 0.401 e. The van der Waals surface area contributed by atoms with Crippen LogP contribution in [0.5, 0.6) is 5.75 Å². The molecule has 0 aromatic heterocycles. The average molecular weight is 284 g/mol. The molecule has 1 aromatic carbocycles. The Morgan fingerprint density at radius 1 is 1.33 bits per heavy atom. The Kier molecular flexibility index (Phi) is 5.71. The van der Waals surface area contributed by atoms with Crippen LogP contribution >= 0.6 is 11.6 Å². The minimum Gasteiger partial charge on any atom is -0.489 e. The molecule has 0 spiro atoms. The second-order valence-electron chi connectivity index (χ2n) is 3.64. The second-order valence-corrected chi connectivity index (χ2v) is 4.05. The van der Waals surface area contributed by atoms with Crippen LogP contribution in [0.25, 0.3) is 0 Å². The van der Waals surface area contributed by atoms with Gasteiger partial charge in [0.05, 0.1) is 11.6 Å². The van der Waals surface area contributed by atoms with Crippen molar-refractivity contribution in [3.63, 3.8) is 0 Å². The second kappa shape index (κ2) is 6.82. The number of rotatable bonds is 6. The normalized spacial score (nSPS) is 13.4. The van der Waals surface area contributed by atoms with Gasteiger partial charge in [-0.3, -0.25) is 0 Å². The highest BCUT2D eigenvalue weighted by molar-refractivity contribution is 6.32. The Morgan fingerprint density at radius 2 is 2.00 bits per heavy atom. The van der Waals surface area contributed by atoms with Gasteiger partial charge in [0.15, 0.2) is 0 Å². The molecule has 0 aliphatic rings. The van der Waals surface area contributed by atoms with Crippen molar-refractivity contribution in [2.24, 2.45) is 0 Å². The van der Waals surface area contributed by atoms with Gasteiger partial charge in [0.1, 0.15) is 18.5 Å². The molecule has 0 fully saturated rings. The lowest BCUT2D eigenvalue weighted by Gasteiger charge is -2.14. The predicted molar refractivity (Wildman–Crippen MR) is 61.9 cm³/mol. The fourth-order valence-corrected chi connectivity index (χ4v) is 1.38. The molecule has 0 radical (unpaired) electrons. The molecule has 1 rings (SSSR count). The molecule has 0 aliphatic carbocycles. The molecule has 0 aliphatic heterocycles. The minimum atomic E-state index is -4.29. The third-order valence-electron chi connectivity index (χ3n) is 1.97. The van der Waals surface area contributed by atoms with Crippen molar-refractivity contribution in [1.29, 1.82) is 0 Å². The highest BCUT2D eigenvalue weighted by Crippen LogP contribution is 2.23. The summed E-state index contributed by atoms with van der Waals surface area (Å²) in [6.45, 7) is -1.48. The highest BCUT2D eigenvalue weighted by Gasteiger charge is 2.26. The van der Waals surface area contributed by atoms with Crippen molar-refractivity contribution in [3.8, 4) is 5.75 Å². The number of aliphatic hydroxyl groups excluding tert-OH is 1. The van der Waals surface area contributed by atoms with Crippen molar-refractivity contribution < 1.29 is 23.0 Å². The van der Waals surface area contributed by atoms with E-state index in [2.05, 4.69) is 5.32 Å². The van der Waals surface area contributed by atoms with Crippen LogP contribution in [0.1, 0.15) is 0 Å². The zero-order valence-corrected chi connectivity index (χ0v) is 10.1. The van der Waals surface area contributed by atoms with Crippen LogP contribution in [-0.4, -0.2) is 37.1 Å². The number of halogens is 4. The van der Waals surface area contributed by atoms with Gasteiger partial charge in [-0.05, 0) is 12.1 Å². The Labute approximate surface area is 108 Å². The monoisotopic (exact) mass is 283 g/mol. The van der Waals surface area contributed by atoms with Crippen LogP contribution in [0.2, 0.25) is 5.02 Å². The van der Waals surface area contributed by atoms with Crippen LogP contribution in [0.4, 0.5) is 13.2 Å². The quantitative estimate of drug-likeness (QED) is 0.841. The van der Waals surface area contributed by atoms with E-state index < -0.39 is 18.8 Å². The molecule has 3 nitrogen and oxygen atoms in total. The van der Waals surface area contributed by atoms with Crippen LogP contribution < -0.4 is 10.1 Å². The number of nitrogens with one attached hydrogen (secondary N) is 1. The Balaban J connectivity index is 2.25. The van der Waals surface area contributed by atoms with Crippen LogP contribution in [0, 0.1) is 0 Å². The van der Waals surface area contributed by atoms with E-state index in [0.29, 0.717) is 10.8 Å². The van der Waals surface area contributed by atoms with Gasteiger partial charge < -0.3 is 15.2 Å².